The van der Waals surface area contributed by atoms with Gasteiger partial charge in [0.25, 0.3) is 5.91 Å². The van der Waals surface area contributed by atoms with Crippen LogP contribution in [0.1, 0.15) is 53.3 Å². The van der Waals surface area contributed by atoms with E-state index in [1.807, 2.05) is 31.2 Å². The summed E-state index contributed by atoms with van der Waals surface area (Å²) in [6, 6.07) is 7.69. The predicted molar refractivity (Wildman–Crippen MR) is 111 cm³/mol. The second-order valence-electron chi connectivity index (χ2n) is 7.44. The summed E-state index contributed by atoms with van der Waals surface area (Å²) in [5, 5.41) is 0. The van der Waals surface area contributed by atoms with Crippen molar-refractivity contribution in [3.05, 3.63) is 41.1 Å². The minimum atomic E-state index is -0.0220. The fourth-order valence-corrected chi connectivity index (χ4v) is 3.81. The monoisotopic (exact) mass is 383 g/mol. The number of carbonyl (C=O) groups is 1. The smallest absolute Gasteiger partial charge is 0.253 e. The minimum absolute atomic E-state index is 0.0220. The van der Waals surface area contributed by atoms with Crippen molar-refractivity contribution in [1.82, 2.24) is 14.9 Å². The topological polar surface area (TPSA) is 84.6 Å². The molecule has 0 radical (unpaired) electrons. The Morgan fingerprint density at radius 2 is 2.00 bits per heavy atom. The number of nitrogens with zero attached hydrogens (tertiary/aromatic N) is 4. The molecule has 0 saturated carbocycles. The number of hydrogen-bond acceptors (Lipinski definition) is 6. The number of nitrogens with two attached hydrogens (primary N) is 1. The van der Waals surface area contributed by atoms with Crippen molar-refractivity contribution in [2.45, 2.75) is 38.6 Å². The average molecular weight is 383 g/mol. The van der Waals surface area contributed by atoms with E-state index in [1.54, 1.807) is 26.1 Å². The summed E-state index contributed by atoms with van der Waals surface area (Å²) in [4.78, 5) is 25.1. The van der Waals surface area contributed by atoms with Crippen LogP contribution in [0, 0.1) is 6.92 Å². The van der Waals surface area contributed by atoms with Crippen LogP contribution in [0.3, 0.4) is 0 Å². The van der Waals surface area contributed by atoms with Gasteiger partial charge in [0.15, 0.2) is 0 Å². The first-order valence-corrected chi connectivity index (χ1v) is 9.68. The third-order valence-corrected chi connectivity index (χ3v) is 5.15. The molecule has 1 aromatic carbocycles. The number of carbonyl (C=O) groups excluding carboxylic acids is 1. The number of nitrogen functional groups attached to an aromatic ring is 1. The summed E-state index contributed by atoms with van der Waals surface area (Å²) in [5.74, 6) is 1.86. The Bertz CT molecular complexity index is 832. The SMILES string of the molecule is COc1ccc(C(=O)N(C)C)cc1[C@H]1CCCCCN1c1cc(C)nc(N)n1. The summed E-state index contributed by atoms with van der Waals surface area (Å²) in [7, 11) is 5.19. The lowest BCUT2D eigenvalue weighted by Crippen LogP contribution is -2.30. The van der Waals surface area contributed by atoms with Crippen LogP contribution in [0.25, 0.3) is 0 Å². The summed E-state index contributed by atoms with van der Waals surface area (Å²) < 4.78 is 5.66. The van der Waals surface area contributed by atoms with Gasteiger partial charge < -0.3 is 20.3 Å². The number of hydrogen-bond donors (Lipinski definition) is 1. The number of benzene rings is 1. The molecule has 7 nitrogen and oxygen atoms in total. The van der Waals surface area contributed by atoms with Crippen molar-refractivity contribution in [1.29, 1.82) is 0 Å². The molecule has 1 saturated heterocycles. The minimum Gasteiger partial charge on any atom is -0.496 e. The van der Waals surface area contributed by atoms with Crippen LogP contribution in [-0.2, 0) is 0 Å². The van der Waals surface area contributed by atoms with Crippen molar-refractivity contribution in [3.8, 4) is 5.75 Å². The summed E-state index contributed by atoms with van der Waals surface area (Å²) in [5.41, 5.74) is 8.42. The van der Waals surface area contributed by atoms with E-state index in [0.29, 0.717) is 5.56 Å². The zero-order valence-electron chi connectivity index (χ0n) is 17.1. The van der Waals surface area contributed by atoms with Crippen LogP contribution in [0.2, 0.25) is 0 Å². The van der Waals surface area contributed by atoms with Gasteiger partial charge in [-0.2, -0.15) is 4.98 Å². The number of ether oxygens (including phenoxy) is 1. The molecule has 1 aliphatic heterocycles. The molecule has 0 aliphatic carbocycles. The van der Waals surface area contributed by atoms with E-state index >= 15 is 0 Å². The van der Waals surface area contributed by atoms with E-state index in [-0.39, 0.29) is 17.9 Å². The molecule has 1 atom stereocenters. The van der Waals surface area contributed by atoms with Crippen LogP contribution < -0.4 is 15.4 Å². The second-order valence-corrected chi connectivity index (χ2v) is 7.44. The van der Waals surface area contributed by atoms with Gasteiger partial charge in [-0.25, -0.2) is 4.98 Å². The predicted octanol–water partition coefficient (Wildman–Crippen LogP) is 3.20. The molecule has 0 spiro atoms. The molecule has 1 fully saturated rings. The molecule has 2 heterocycles. The van der Waals surface area contributed by atoms with Gasteiger partial charge >= 0.3 is 0 Å². The van der Waals surface area contributed by atoms with Gasteiger partial charge in [-0.3, -0.25) is 4.79 Å². The van der Waals surface area contributed by atoms with Crippen molar-refractivity contribution in [3.63, 3.8) is 0 Å². The Hall–Kier alpha value is -2.83. The zero-order valence-corrected chi connectivity index (χ0v) is 17.1. The van der Waals surface area contributed by atoms with Gasteiger partial charge in [-0.1, -0.05) is 12.8 Å². The molecular weight excluding hydrogens is 354 g/mol. The molecule has 28 heavy (non-hydrogen) atoms. The number of rotatable bonds is 4. The summed E-state index contributed by atoms with van der Waals surface area (Å²) in [6.07, 6.45) is 4.30. The second kappa shape index (κ2) is 8.46. The Kier molecular flexibility index (Phi) is 6.02. The number of anilines is 2. The van der Waals surface area contributed by atoms with E-state index in [1.165, 1.54) is 0 Å². The third-order valence-electron chi connectivity index (χ3n) is 5.15. The molecular formula is C21H29N5O2. The van der Waals surface area contributed by atoms with E-state index in [0.717, 1.165) is 55.1 Å². The van der Waals surface area contributed by atoms with Crippen LogP contribution in [0.15, 0.2) is 24.3 Å². The van der Waals surface area contributed by atoms with Crippen LogP contribution in [0.4, 0.5) is 11.8 Å². The molecule has 150 valence electrons. The Labute approximate surface area is 166 Å². The van der Waals surface area contributed by atoms with Crippen LogP contribution in [0.5, 0.6) is 5.75 Å². The van der Waals surface area contributed by atoms with Crippen molar-refractivity contribution in [2.75, 3.05) is 38.4 Å². The average Bonchev–Trinajstić information content (AvgIpc) is 2.92. The van der Waals surface area contributed by atoms with Crippen LogP contribution >= 0.6 is 0 Å². The lowest BCUT2D eigenvalue weighted by atomic mass is 9.97. The molecule has 0 bridgehead atoms. The van der Waals surface area contributed by atoms with Gasteiger partial charge in [-0.05, 0) is 38.0 Å². The molecule has 2 N–H and O–H groups in total. The Balaban J connectivity index is 2.09. The number of amides is 1. The normalized spacial score (nSPS) is 17.1. The maximum Gasteiger partial charge on any atom is 0.253 e. The highest BCUT2D eigenvalue weighted by Gasteiger charge is 2.28. The molecule has 0 unspecified atom stereocenters. The first-order valence-electron chi connectivity index (χ1n) is 9.68. The highest BCUT2D eigenvalue weighted by atomic mass is 16.5. The molecule has 3 rings (SSSR count). The zero-order chi connectivity index (χ0) is 20.3. The third kappa shape index (κ3) is 4.18. The van der Waals surface area contributed by atoms with Crippen LogP contribution in [-0.4, -0.2) is 48.5 Å². The van der Waals surface area contributed by atoms with Gasteiger partial charge in [0, 0.05) is 43.5 Å². The lowest BCUT2D eigenvalue weighted by Gasteiger charge is -2.33. The molecule has 7 heteroatoms. The van der Waals surface area contributed by atoms with Crippen molar-refractivity contribution < 1.29 is 9.53 Å². The van der Waals surface area contributed by atoms with Gasteiger partial charge in [0.1, 0.15) is 11.6 Å². The Morgan fingerprint density at radius 3 is 2.68 bits per heavy atom. The van der Waals surface area contributed by atoms with Gasteiger partial charge in [0.05, 0.1) is 13.2 Å². The largest absolute Gasteiger partial charge is 0.496 e. The van der Waals surface area contributed by atoms with E-state index in [4.69, 9.17) is 10.5 Å². The lowest BCUT2D eigenvalue weighted by molar-refractivity contribution is 0.0827. The molecule has 2 aromatic rings. The molecule has 1 amide bonds. The van der Waals surface area contributed by atoms with E-state index in [2.05, 4.69) is 14.9 Å². The van der Waals surface area contributed by atoms with Crippen molar-refractivity contribution >= 4 is 17.7 Å². The summed E-state index contributed by atoms with van der Waals surface area (Å²) >= 11 is 0. The summed E-state index contributed by atoms with van der Waals surface area (Å²) in [6.45, 7) is 2.79. The van der Waals surface area contributed by atoms with E-state index in [9.17, 15) is 4.79 Å². The number of aryl methyl sites for hydroxylation is 1. The fraction of sp³-hybridized carbons (Fsp3) is 0.476. The first kappa shape index (κ1) is 19.9. The Morgan fingerprint density at radius 1 is 1.21 bits per heavy atom. The standard InChI is InChI=1S/C21H29N5O2/c1-14-12-19(24-21(22)23-14)26-11-7-5-6-8-17(26)16-13-15(20(27)25(2)3)9-10-18(16)28-4/h9-10,12-13,17H,5-8,11H2,1-4H3,(H2,22,23,24)/t17-/m1/s1. The number of methoxy groups -OCH3 is 1. The number of aromatic nitrogens is 2. The van der Waals surface area contributed by atoms with E-state index < -0.39 is 0 Å². The fourth-order valence-electron chi connectivity index (χ4n) is 3.81. The highest BCUT2D eigenvalue weighted by Crippen LogP contribution is 2.38. The maximum absolute atomic E-state index is 12.5. The first-order chi connectivity index (χ1) is 13.4. The van der Waals surface area contributed by atoms with Gasteiger partial charge in [-0.15, -0.1) is 0 Å². The molecule has 1 aromatic heterocycles. The quantitative estimate of drug-likeness (QED) is 0.873. The van der Waals surface area contributed by atoms with Gasteiger partial charge in [0.2, 0.25) is 5.95 Å². The highest BCUT2D eigenvalue weighted by molar-refractivity contribution is 5.94. The van der Waals surface area contributed by atoms with Crippen molar-refractivity contribution in [2.24, 2.45) is 0 Å². The molecule has 1 aliphatic rings. The maximum atomic E-state index is 12.5.